The predicted octanol–water partition coefficient (Wildman–Crippen LogP) is 14.9. The van der Waals surface area contributed by atoms with Crippen LogP contribution >= 0.6 is 94.2 Å². The number of rotatable bonds is 45. The lowest BCUT2D eigenvalue weighted by Crippen LogP contribution is -2.51. The average Bonchev–Trinajstić information content (AvgIpc) is 3.26. The Labute approximate surface area is 431 Å². The number of hydrogen-bond acceptors (Lipinski definition) is 18. The summed E-state index contributed by atoms with van der Waals surface area (Å²) in [6, 6.07) is 0. The van der Waals surface area contributed by atoms with Gasteiger partial charge in [0, 0.05) is 94.0 Å². The van der Waals surface area contributed by atoms with Gasteiger partial charge in [-0.15, -0.1) is 0 Å². The highest BCUT2D eigenvalue weighted by Gasteiger charge is 2.68. The highest BCUT2D eigenvalue weighted by molar-refractivity contribution is 9.30. The van der Waals surface area contributed by atoms with Crippen molar-refractivity contribution in [2.75, 3.05) is 94.0 Å². The second-order valence-corrected chi connectivity index (χ2v) is 55.6. The van der Waals surface area contributed by atoms with Crippen molar-refractivity contribution < 1.29 is 39.8 Å². The van der Waals surface area contributed by atoms with E-state index in [0.717, 1.165) is 53.8 Å². The summed E-state index contributed by atoms with van der Waals surface area (Å²) in [7, 11) is 8.38. The standard InChI is InChI=1S/C39H87O9S12Si3/c1-13-32-49-55-58(61(40-16-4,41-17-5)42-18-6)52-35-28-38-27-25-26-29-39(38,30-36-53-59(56-50-33-14-2)62(43-19-7,44-20-8)45-21-9)31-37-54-60(57-51-34-15-3)63(46-22-10,47-23-11)48-24-12/h38H,13-37H2,1-12H3/q+3. The van der Waals surface area contributed by atoms with Gasteiger partial charge in [-0.25, -0.2) is 0 Å². The van der Waals surface area contributed by atoms with Crippen molar-refractivity contribution in [3.8, 4) is 0 Å². The maximum absolute atomic E-state index is 6.59. The molecule has 1 rings (SSSR count). The van der Waals surface area contributed by atoms with Gasteiger partial charge in [0.2, 0.25) is 0 Å². The third-order valence-electron chi connectivity index (χ3n) is 9.28. The SMILES string of the molecule is CCCSS[S+](SCCC1CCCCC1(CCS[S+](SSCCC)[Si](OCC)(OCC)OCC)CCS[S+](SSCCC)[Si](OCC)(OCC)OCC)[Si](OCC)(OCC)OCC. The summed E-state index contributed by atoms with van der Waals surface area (Å²) < 4.78 is 59.2. The van der Waals surface area contributed by atoms with Crippen LogP contribution in [-0.2, 0) is 65.1 Å². The van der Waals surface area contributed by atoms with Crippen LogP contribution in [0.2, 0.25) is 0 Å². The first-order chi connectivity index (χ1) is 30.6. The van der Waals surface area contributed by atoms with Crippen molar-refractivity contribution in [2.24, 2.45) is 11.3 Å². The van der Waals surface area contributed by atoms with Crippen LogP contribution in [-0.4, -0.2) is 118 Å². The van der Waals surface area contributed by atoms with Gasteiger partial charge >= 0.3 is 23.9 Å². The first kappa shape index (κ1) is 65.5. The number of hydrogen-bond donors (Lipinski definition) is 0. The Bertz CT molecular complexity index is 985. The van der Waals surface area contributed by atoms with E-state index in [0.29, 0.717) is 65.4 Å². The molecule has 63 heavy (non-hydrogen) atoms. The molecule has 0 radical (unpaired) electrons. The van der Waals surface area contributed by atoms with Gasteiger partial charge in [-0.1, -0.05) is 33.6 Å². The van der Waals surface area contributed by atoms with Crippen LogP contribution in [0.25, 0.3) is 0 Å². The minimum absolute atomic E-state index is 0.211. The Kier molecular flexibility index (Phi) is 42.5. The first-order valence-corrected chi connectivity index (χ1v) is 47.5. The summed E-state index contributed by atoms with van der Waals surface area (Å²) in [5, 5.41) is 0. The van der Waals surface area contributed by atoms with Crippen LogP contribution in [0.5, 0.6) is 0 Å². The van der Waals surface area contributed by atoms with E-state index in [4.69, 9.17) is 39.8 Å². The van der Waals surface area contributed by atoms with Crippen molar-refractivity contribution in [2.45, 2.75) is 147 Å². The molecule has 1 aliphatic carbocycles. The highest BCUT2D eigenvalue weighted by Crippen LogP contribution is 2.55. The largest absolute Gasteiger partial charge is 0.808 e. The quantitative estimate of drug-likeness (QED) is 0.0251. The summed E-state index contributed by atoms with van der Waals surface area (Å²) >= 11 is 0. The zero-order valence-electron chi connectivity index (χ0n) is 40.8. The molecule has 1 fully saturated rings. The molecule has 24 heteroatoms. The summed E-state index contributed by atoms with van der Waals surface area (Å²) in [4.78, 5) is 0. The van der Waals surface area contributed by atoms with Crippen LogP contribution in [0, 0.1) is 11.3 Å². The highest BCUT2D eigenvalue weighted by atomic mass is 33.8. The molecular weight excluding hydrogens is 1080 g/mol. The topological polar surface area (TPSA) is 83.1 Å². The molecule has 0 spiro atoms. The fourth-order valence-electron chi connectivity index (χ4n) is 6.80. The molecule has 0 amide bonds. The van der Waals surface area contributed by atoms with Gasteiger partial charge < -0.3 is 39.8 Å². The molecule has 0 aliphatic heterocycles. The fourth-order valence-corrected chi connectivity index (χ4v) is 68.7. The molecule has 0 aromatic rings. The zero-order chi connectivity index (χ0) is 46.7. The average molecular weight is 1170 g/mol. The molecular formula is C39H87O9S12Si3+3. The Morgan fingerprint density at radius 2 is 0.714 bits per heavy atom. The second-order valence-electron chi connectivity index (χ2n) is 13.8. The van der Waals surface area contributed by atoms with Crippen LogP contribution < -0.4 is 0 Å². The van der Waals surface area contributed by atoms with Gasteiger partial charge in [-0.05, 0) is 157 Å². The lowest BCUT2D eigenvalue weighted by Gasteiger charge is -2.44. The molecule has 0 bridgehead atoms. The monoisotopic (exact) mass is 1170 g/mol. The molecule has 0 aromatic carbocycles. The van der Waals surface area contributed by atoms with Gasteiger partial charge in [-0.2, -0.15) is 0 Å². The van der Waals surface area contributed by atoms with Crippen LogP contribution in [0.4, 0.5) is 0 Å². The molecule has 0 N–H and O–H groups in total. The predicted molar refractivity (Wildman–Crippen MR) is 311 cm³/mol. The smallest absolute Gasteiger partial charge is 0.331 e. The Morgan fingerprint density at radius 1 is 0.413 bits per heavy atom. The molecule has 378 valence electrons. The normalized spacial score (nSPS) is 19.1. The second kappa shape index (κ2) is 40.9. The third-order valence-corrected chi connectivity index (χ3v) is 67.0. The molecule has 1 aliphatic rings. The first-order valence-electron chi connectivity index (χ1n) is 23.4. The van der Waals surface area contributed by atoms with Crippen molar-refractivity contribution >= 4 is 143 Å². The van der Waals surface area contributed by atoms with Crippen molar-refractivity contribution in [3.05, 3.63) is 0 Å². The molecule has 0 aromatic heterocycles. The van der Waals surface area contributed by atoms with Gasteiger partial charge in [0.15, 0.2) is 54.7 Å². The lowest BCUT2D eigenvalue weighted by molar-refractivity contribution is 0.0834. The Morgan fingerprint density at radius 3 is 1.00 bits per heavy atom. The van der Waals surface area contributed by atoms with Gasteiger partial charge in [0.05, 0.1) is 32.4 Å². The third kappa shape index (κ3) is 23.9. The van der Waals surface area contributed by atoms with Crippen LogP contribution in [0.1, 0.15) is 147 Å². The maximum atomic E-state index is 6.59. The lowest BCUT2D eigenvalue weighted by atomic mass is 9.62. The summed E-state index contributed by atoms with van der Waals surface area (Å²) in [5.74, 6) is 7.13. The van der Waals surface area contributed by atoms with E-state index < -0.39 is 23.9 Å². The molecule has 4 unspecified atom stereocenters. The molecule has 0 saturated heterocycles. The summed E-state index contributed by atoms with van der Waals surface area (Å²) in [6.07, 6.45) is 12.1. The van der Waals surface area contributed by atoms with Gasteiger partial charge in [0.25, 0.3) is 0 Å². The Hall–Kier alpha value is 4.49. The van der Waals surface area contributed by atoms with Crippen LogP contribution in [0.15, 0.2) is 0 Å². The summed E-state index contributed by atoms with van der Waals surface area (Å²) in [6.45, 7) is 30.9. The summed E-state index contributed by atoms with van der Waals surface area (Å²) in [5.41, 5.74) is 0.211. The Balaban J connectivity index is 3.68. The van der Waals surface area contributed by atoms with E-state index in [2.05, 4.69) is 115 Å². The molecule has 4 atom stereocenters. The molecule has 0 heterocycles. The van der Waals surface area contributed by atoms with Crippen molar-refractivity contribution in [1.29, 1.82) is 0 Å². The maximum Gasteiger partial charge on any atom is 0.808 e. The molecule has 1 saturated carbocycles. The van der Waals surface area contributed by atoms with Crippen LogP contribution in [0.3, 0.4) is 0 Å². The fraction of sp³-hybridized carbons (Fsp3) is 1.00. The van der Waals surface area contributed by atoms with E-state index >= 15 is 0 Å². The van der Waals surface area contributed by atoms with Gasteiger partial charge in [0.1, 0.15) is 0 Å². The molecule has 9 nitrogen and oxygen atoms in total. The van der Waals surface area contributed by atoms with E-state index in [9.17, 15) is 0 Å². The van der Waals surface area contributed by atoms with E-state index in [1.54, 1.807) is 0 Å². The van der Waals surface area contributed by atoms with E-state index in [1.165, 1.54) is 44.9 Å². The van der Waals surface area contributed by atoms with Crippen molar-refractivity contribution in [3.63, 3.8) is 0 Å². The van der Waals surface area contributed by atoms with E-state index in [1.807, 2.05) is 61.9 Å². The van der Waals surface area contributed by atoms with E-state index in [-0.39, 0.29) is 30.6 Å². The minimum atomic E-state index is -2.94. The van der Waals surface area contributed by atoms with Crippen molar-refractivity contribution in [1.82, 2.24) is 0 Å². The zero-order valence-corrected chi connectivity index (χ0v) is 53.6. The minimum Gasteiger partial charge on any atom is -0.331 e. The van der Waals surface area contributed by atoms with Gasteiger partial charge in [-0.3, -0.25) is 0 Å².